The first-order valence-electron chi connectivity index (χ1n) is 5.22. The van der Waals surface area contributed by atoms with E-state index >= 15 is 0 Å². The normalized spacial score (nSPS) is 11.9. The molecule has 4 N–H and O–H groups in total. The first kappa shape index (κ1) is 13.9. The molecule has 0 saturated carbocycles. The molecule has 18 heavy (non-hydrogen) atoms. The molecule has 0 aliphatic rings. The van der Waals surface area contributed by atoms with Gasteiger partial charge in [-0.1, -0.05) is 0 Å². The van der Waals surface area contributed by atoms with Crippen LogP contribution in [0.2, 0.25) is 0 Å². The molecule has 1 heterocycles. The smallest absolute Gasteiger partial charge is 0.334 e. The molecule has 0 bridgehead atoms. The molecule has 0 spiro atoms. The molecule has 1 atom stereocenters. The number of pyridine rings is 1. The number of carboxylic acid groups (broad SMARTS) is 1. The number of carbonyl (C=O) groups excluding carboxylic acids is 1. The Bertz CT molecular complexity index is 535. The van der Waals surface area contributed by atoms with Gasteiger partial charge in [-0.25, -0.2) is 4.79 Å². The van der Waals surface area contributed by atoms with Crippen LogP contribution < -0.4 is 10.9 Å². The molecule has 7 nitrogen and oxygen atoms in total. The molecule has 0 aromatic carbocycles. The van der Waals surface area contributed by atoms with Crippen LogP contribution in [0.4, 0.5) is 0 Å². The van der Waals surface area contributed by atoms with Crippen molar-refractivity contribution in [2.45, 2.75) is 20.0 Å². The number of carbonyl (C=O) groups is 2. The molecule has 0 fully saturated rings. The average molecular weight is 254 g/mol. The van der Waals surface area contributed by atoms with E-state index in [9.17, 15) is 14.4 Å². The topological polar surface area (TPSA) is 119 Å². The number of nitrogens with one attached hydrogen (secondary N) is 2. The molecule has 0 aliphatic carbocycles. The van der Waals surface area contributed by atoms with E-state index < -0.39 is 30.1 Å². The molecule has 0 saturated heterocycles. The third-order valence-electron chi connectivity index (χ3n) is 2.33. The molecular weight excluding hydrogens is 240 g/mol. The zero-order chi connectivity index (χ0) is 13.9. The van der Waals surface area contributed by atoms with E-state index in [0.717, 1.165) is 0 Å². The van der Waals surface area contributed by atoms with Gasteiger partial charge in [-0.05, 0) is 25.5 Å². The summed E-state index contributed by atoms with van der Waals surface area (Å²) in [6.07, 6.45) is -1.70. The summed E-state index contributed by atoms with van der Waals surface area (Å²) in [5.41, 5.74) is 0.478. The summed E-state index contributed by atoms with van der Waals surface area (Å²) in [5.74, 6) is -2.15. The van der Waals surface area contributed by atoms with E-state index in [1.165, 1.54) is 0 Å². The van der Waals surface area contributed by atoms with Crippen LogP contribution in [0, 0.1) is 13.8 Å². The highest BCUT2D eigenvalue weighted by Gasteiger charge is 2.18. The van der Waals surface area contributed by atoms with Crippen molar-refractivity contribution >= 4 is 11.9 Å². The van der Waals surface area contributed by atoms with Gasteiger partial charge in [0.25, 0.3) is 11.5 Å². The number of aryl methyl sites for hydroxylation is 2. The minimum atomic E-state index is -1.70. The Balaban J connectivity index is 2.86. The fourth-order valence-corrected chi connectivity index (χ4v) is 1.50. The molecule has 1 rings (SSSR count). The van der Waals surface area contributed by atoms with Gasteiger partial charge in [0.2, 0.25) is 0 Å². The van der Waals surface area contributed by atoms with Crippen molar-refractivity contribution in [3.05, 3.63) is 33.2 Å². The Morgan fingerprint density at radius 2 is 2.06 bits per heavy atom. The van der Waals surface area contributed by atoms with Gasteiger partial charge in [0.05, 0.1) is 6.54 Å². The molecular formula is C11H14N2O5. The fourth-order valence-electron chi connectivity index (χ4n) is 1.50. The Morgan fingerprint density at radius 3 is 2.56 bits per heavy atom. The van der Waals surface area contributed by atoms with E-state index in [2.05, 4.69) is 10.3 Å². The number of aliphatic carboxylic acids is 1. The zero-order valence-corrected chi connectivity index (χ0v) is 9.98. The van der Waals surface area contributed by atoms with Gasteiger partial charge >= 0.3 is 5.97 Å². The maximum Gasteiger partial charge on any atom is 0.334 e. The lowest BCUT2D eigenvalue weighted by atomic mass is 10.1. The summed E-state index contributed by atoms with van der Waals surface area (Å²) >= 11 is 0. The van der Waals surface area contributed by atoms with E-state index in [-0.39, 0.29) is 5.56 Å². The van der Waals surface area contributed by atoms with E-state index in [4.69, 9.17) is 10.2 Å². The van der Waals surface area contributed by atoms with Crippen molar-refractivity contribution in [3.63, 3.8) is 0 Å². The summed E-state index contributed by atoms with van der Waals surface area (Å²) in [4.78, 5) is 36.1. The Morgan fingerprint density at radius 1 is 1.44 bits per heavy atom. The number of aliphatic hydroxyl groups excluding tert-OH is 1. The number of aliphatic hydroxyl groups is 1. The summed E-state index contributed by atoms with van der Waals surface area (Å²) < 4.78 is 0. The standard InChI is InChI=1S/C11H14N2O5/c1-5-3-6(2)13-10(16)8(5)9(15)12-4-7(14)11(17)18/h3,7,14H,4H2,1-2H3,(H,12,15)(H,13,16)(H,17,18)/t7-/m0/s1. The average Bonchev–Trinajstić information content (AvgIpc) is 2.24. The third-order valence-corrected chi connectivity index (χ3v) is 2.33. The number of carboxylic acids is 1. The van der Waals surface area contributed by atoms with Crippen molar-refractivity contribution in [1.29, 1.82) is 0 Å². The molecule has 7 heteroatoms. The molecule has 1 aromatic rings. The maximum absolute atomic E-state index is 11.7. The second-order valence-electron chi connectivity index (χ2n) is 3.90. The summed E-state index contributed by atoms with van der Waals surface area (Å²) in [7, 11) is 0. The van der Waals surface area contributed by atoms with Crippen molar-refractivity contribution in [3.8, 4) is 0 Å². The summed E-state index contributed by atoms with van der Waals surface area (Å²) in [6, 6.07) is 1.63. The van der Waals surface area contributed by atoms with Gasteiger partial charge in [0, 0.05) is 5.69 Å². The van der Waals surface area contributed by atoms with Crippen LogP contribution in [-0.4, -0.2) is 39.7 Å². The highest BCUT2D eigenvalue weighted by atomic mass is 16.4. The van der Waals surface area contributed by atoms with Gasteiger partial charge < -0.3 is 20.5 Å². The van der Waals surface area contributed by atoms with Crippen molar-refractivity contribution in [2.24, 2.45) is 0 Å². The SMILES string of the molecule is Cc1cc(C)c(C(=O)NC[C@H](O)C(=O)O)c(=O)[nH]1. The predicted octanol–water partition coefficient (Wildman–Crippen LogP) is -0.833. The Labute approximate surface area is 102 Å². The largest absolute Gasteiger partial charge is 0.479 e. The minimum absolute atomic E-state index is 0.0850. The lowest BCUT2D eigenvalue weighted by Crippen LogP contribution is -2.39. The van der Waals surface area contributed by atoms with Crippen LogP contribution in [0.5, 0.6) is 0 Å². The van der Waals surface area contributed by atoms with Crippen LogP contribution in [0.25, 0.3) is 0 Å². The van der Waals surface area contributed by atoms with E-state index in [0.29, 0.717) is 11.3 Å². The number of H-pyrrole nitrogens is 1. The molecule has 0 radical (unpaired) electrons. The highest BCUT2D eigenvalue weighted by Crippen LogP contribution is 2.03. The Kier molecular flexibility index (Phi) is 4.22. The molecule has 1 amide bonds. The number of hydrogen-bond acceptors (Lipinski definition) is 4. The minimum Gasteiger partial charge on any atom is -0.479 e. The van der Waals surface area contributed by atoms with Crippen LogP contribution in [0.3, 0.4) is 0 Å². The third kappa shape index (κ3) is 3.17. The van der Waals surface area contributed by atoms with Crippen LogP contribution in [0.15, 0.2) is 10.9 Å². The number of aromatic nitrogens is 1. The lowest BCUT2D eigenvalue weighted by molar-refractivity contribution is -0.146. The van der Waals surface area contributed by atoms with Crippen molar-refractivity contribution < 1.29 is 19.8 Å². The first-order chi connectivity index (χ1) is 8.32. The molecule has 0 unspecified atom stereocenters. The quantitative estimate of drug-likeness (QED) is 0.559. The molecule has 0 aliphatic heterocycles. The predicted molar refractivity (Wildman–Crippen MR) is 62.5 cm³/mol. The maximum atomic E-state index is 11.7. The monoisotopic (exact) mass is 254 g/mol. The molecule has 98 valence electrons. The van der Waals surface area contributed by atoms with Gasteiger partial charge in [0.1, 0.15) is 5.56 Å². The fraction of sp³-hybridized carbons (Fsp3) is 0.364. The Hall–Kier alpha value is -2.15. The van der Waals surface area contributed by atoms with Crippen LogP contribution in [0.1, 0.15) is 21.6 Å². The zero-order valence-electron chi connectivity index (χ0n) is 9.98. The summed E-state index contributed by atoms with van der Waals surface area (Å²) in [6.45, 7) is 2.83. The number of hydrogen-bond donors (Lipinski definition) is 4. The van der Waals surface area contributed by atoms with Crippen LogP contribution in [-0.2, 0) is 4.79 Å². The van der Waals surface area contributed by atoms with Gasteiger partial charge in [-0.2, -0.15) is 0 Å². The van der Waals surface area contributed by atoms with Crippen LogP contribution >= 0.6 is 0 Å². The van der Waals surface area contributed by atoms with Crippen molar-refractivity contribution in [2.75, 3.05) is 6.54 Å². The lowest BCUT2D eigenvalue weighted by Gasteiger charge is -2.09. The second kappa shape index (κ2) is 5.46. The highest BCUT2D eigenvalue weighted by molar-refractivity contribution is 5.95. The first-order valence-corrected chi connectivity index (χ1v) is 5.22. The number of rotatable bonds is 4. The van der Waals surface area contributed by atoms with E-state index in [1.54, 1.807) is 19.9 Å². The number of aromatic amines is 1. The van der Waals surface area contributed by atoms with Gasteiger partial charge in [-0.15, -0.1) is 0 Å². The number of amides is 1. The van der Waals surface area contributed by atoms with Crippen molar-refractivity contribution in [1.82, 2.24) is 10.3 Å². The second-order valence-corrected chi connectivity index (χ2v) is 3.90. The summed E-state index contributed by atoms with van der Waals surface area (Å²) in [5, 5.41) is 19.6. The van der Waals surface area contributed by atoms with E-state index in [1.807, 2.05) is 0 Å². The van der Waals surface area contributed by atoms with Gasteiger partial charge in [-0.3, -0.25) is 9.59 Å². The molecule has 1 aromatic heterocycles. The van der Waals surface area contributed by atoms with Gasteiger partial charge in [0.15, 0.2) is 6.10 Å².